The topological polar surface area (TPSA) is 89.7 Å². The number of likely N-dealkylation sites (tertiary alicyclic amines) is 1. The molecule has 0 aliphatic carbocycles. The lowest BCUT2D eigenvalue weighted by Crippen LogP contribution is -2.34. The van der Waals surface area contributed by atoms with Gasteiger partial charge in [0.25, 0.3) is 0 Å². The smallest absolute Gasteiger partial charge is 0.323 e. The van der Waals surface area contributed by atoms with Gasteiger partial charge in [0.15, 0.2) is 0 Å². The fourth-order valence-corrected chi connectivity index (χ4v) is 2.79. The zero-order valence-corrected chi connectivity index (χ0v) is 13.7. The van der Waals surface area contributed by atoms with Crippen molar-refractivity contribution in [2.75, 3.05) is 26.1 Å². The molecule has 2 amide bonds. The van der Waals surface area contributed by atoms with Crippen LogP contribution in [-0.2, 0) is 11.3 Å². The summed E-state index contributed by atoms with van der Waals surface area (Å²) in [5.41, 5.74) is 0. The Labute approximate surface area is 139 Å². The van der Waals surface area contributed by atoms with E-state index in [2.05, 4.69) is 15.3 Å². The first-order chi connectivity index (χ1) is 11.7. The van der Waals surface area contributed by atoms with E-state index in [1.807, 2.05) is 12.1 Å². The predicted molar refractivity (Wildman–Crippen MR) is 85.7 cm³/mol. The highest BCUT2D eigenvalue weighted by atomic mass is 16.5. The molecule has 3 heterocycles. The number of ether oxygens (including phenoxy) is 2. The van der Waals surface area contributed by atoms with Gasteiger partial charge in [-0.15, -0.1) is 0 Å². The van der Waals surface area contributed by atoms with Crippen molar-refractivity contribution in [3.8, 4) is 6.01 Å². The number of aromatic nitrogens is 2. The Hall–Kier alpha value is -2.61. The Morgan fingerprint density at radius 3 is 3.08 bits per heavy atom. The van der Waals surface area contributed by atoms with Gasteiger partial charge in [0.2, 0.25) is 0 Å². The minimum absolute atomic E-state index is 0.0839. The third-order valence-corrected chi connectivity index (χ3v) is 3.86. The summed E-state index contributed by atoms with van der Waals surface area (Å²) in [7, 11) is 3.10. The Bertz CT molecular complexity index is 703. The maximum Gasteiger partial charge on any atom is 0.323 e. The summed E-state index contributed by atoms with van der Waals surface area (Å²) in [6, 6.07) is 5.30. The van der Waals surface area contributed by atoms with Crippen molar-refractivity contribution in [2.45, 2.75) is 25.5 Å². The molecule has 0 bridgehead atoms. The van der Waals surface area contributed by atoms with Crippen LogP contribution in [0.5, 0.6) is 6.01 Å². The molecule has 8 nitrogen and oxygen atoms in total. The Morgan fingerprint density at radius 1 is 1.42 bits per heavy atom. The van der Waals surface area contributed by atoms with E-state index in [9.17, 15) is 4.79 Å². The fourth-order valence-electron chi connectivity index (χ4n) is 2.79. The minimum Gasteiger partial charge on any atom is -0.467 e. The van der Waals surface area contributed by atoms with Gasteiger partial charge in [-0.3, -0.25) is 5.32 Å². The van der Waals surface area contributed by atoms with Gasteiger partial charge in [-0.2, -0.15) is 4.98 Å². The van der Waals surface area contributed by atoms with Crippen LogP contribution in [0.25, 0.3) is 0 Å². The fraction of sp³-hybridized carbons (Fsp3) is 0.438. The van der Waals surface area contributed by atoms with E-state index >= 15 is 0 Å². The van der Waals surface area contributed by atoms with Crippen molar-refractivity contribution in [3.05, 3.63) is 35.9 Å². The molecule has 128 valence electrons. The molecular formula is C16H20N4O4. The van der Waals surface area contributed by atoms with Crippen LogP contribution >= 0.6 is 0 Å². The zero-order valence-electron chi connectivity index (χ0n) is 13.7. The molecule has 1 saturated heterocycles. The largest absolute Gasteiger partial charge is 0.467 e. The van der Waals surface area contributed by atoms with Crippen LogP contribution in [0.3, 0.4) is 0 Å². The lowest BCUT2D eigenvalue weighted by Gasteiger charge is -2.23. The quantitative estimate of drug-likeness (QED) is 0.905. The second-order valence-electron chi connectivity index (χ2n) is 5.45. The zero-order chi connectivity index (χ0) is 16.9. The van der Waals surface area contributed by atoms with Gasteiger partial charge < -0.3 is 18.8 Å². The molecule has 1 N–H and O–H groups in total. The standard InChI is InChI=1S/C16H20N4O4/c1-22-10-11-5-6-13(24-11)12-4-3-9-20(12)16(21)19-14-7-8-17-15(18-14)23-2/h5-8,12H,3-4,9-10H2,1-2H3,(H,17,18,19,21)/t12-/m0/s1. The Balaban J connectivity index is 1.70. The Kier molecular flexibility index (Phi) is 4.95. The molecule has 1 aliphatic rings. The molecule has 1 atom stereocenters. The number of methoxy groups -OCH3 is 2. The average Bonchev–Trinajstić information content (AvgIpc) is 3.24. The number of hydrogen-bond acceptors (Lipinski definition) is 6. The van der Waals surface area contributed by atoms with E-state index in [1.165, 1.54) is 13.3 Å². The molecule has 0 spiro atoms. The van der Waals surface area contributed by atoms with E-state index < -0.39 is 0 Å². The highest BCUT2D eigenvalue weighted by Gasteiger charge is 2.32. The van der Waals surface area contributed by atoms with Crippen molar-refractivity contribution in [1.29, 1.82) is 0 Å². The lowest BCUT2D eigenvalue weighted by atomic mass is 10.2. The van der Waals surface area contributed by atoms with Crippen LogP contribution < -0.4 is 10.1 Å². The van der Waals surface area contributed by atoms with E-state index in [0.717, 1.165) is 24.4 Å². The van der Waals surface area contributed by atoms with Crippen molar-refractivity contribution >= 4 is 11.8 Å². The number of nitrogens with zero attached hydrogens (tertiary/aromatic N) is 3. The van der Waals surface area contributed by atoms with E-state index in [1.54, 1.807) is 18.1 Å². The van der Waals surface area contributed by atoms with Gasteiger partial charge in [0, 0.05) is 19.9 Å². The predicted octanol–water partition coefficient (Wildman–Crippen LogP) is 2.59. The van der Waals surface area contributed by atoms with Crippen molar-refractivity contribution in [2.24, 2.45) is 0 Å². The monoisotopic (exact) mass is 332 g/mol. The summed E-state index contributed by atoms with van der Waals surface area (Å²) in [6.45, 7) is 1.08. The van der Waals surface area contributed by atoms with Crippen LogP contribution in [0.4, 0.5) is 10.6 Å². The summed E-state index contributed by atoms with van der Waals surface area (Å²) in [5, 5.41) is 2.78. The van der Waals surface area contributed by atoms with E-state index in [4.69, 9.17) is 13.9 Å². The highest BCUT2D eigenvalue weighted by molar-refractivity contribution is 5.88. The number of rotatable bonds is 5. The maximum absolute atomic E-state index is 12.6. The first-order valence-corrected chi connectivity index (χ1v) is 7.73. The number of hydrogen-bond donors (Lipinski definition) is 1. The summed E-state index contributed by atoms with van der Waals surface area (Å²) < 4.78 is 15.8. The van der Waals surface area contributed by atoms with Crippen LogP contribution in [0.1, 0.15) is 30.4 Å². The van der Waals surface area contributed by atoms with Gasteiger partial charge in [-0.25, -0.2) is 9.78 Å². The summed E-state index contributed by atoms with van der Waals surface area (Å²) >= 11 is 0. The molecular weight excluding hydrogens is 312 g/mol. The molecule has 0 unspecified atom stereocenters. The van der Waals surface area contributed by atoms with Gasteiger partial charge >= 0.3 is 12.0 Å². The SMILES string of the molecule is COCc1ccc([C@@H]2CCCN2C(=O)Nc2ccnc(OC)n2)o1. The second-order valence-corrected chi connectivity index (χ2v) is 5.45. The number of carbonyl (C=O) groups is 1. The van der Waals surface area contributed by atoms with E-state index in [0.29, 0.717) is 19.0 Å². The number of urea groups is 1. The van der Waals surface area contributed by atoms with Crippen molar-refractivity contribution < 1.29 is 18.7 Å². The normalized spacial score (nSPS) is 17.1. The summed E-state index contributed by atoms with van der Waals surface area (Å²) in [6.07, 6.45) is 3.32. The minimum atomic E-state index is -0.219. The maximum atomic E-state index is 12.6. The van der Waals surface area contributed by atoms with Crippen LogP contribution in [0, 0.1) is 0 Å². The average molecular weight is 332 g/mol. The van der Waals surface area contributed by atoms with Crippen molar-refractivity contribution in [1.82, 2.24) is 14.9 Å². The molecule has 3 rings (SSSR count). The molecule has 1 aliphatic heterocycles. The molecule has 2 aromatic heterocycles. The van der Waals surface area contributed by atoms with Crippen LogP contribution in [-0.4, -0.2) is 41.7 Å². The number of amides is 2. The van der Waals surface area contributed by atoms with Gasteiger partial charge in [-0.1, -0.05) is 0 Å². The number of nitrogens with one attached hydrogen (secondary N) is 1. The highest BCUT2D eigenvalue weighted by Crippen LogP contribution is 2.33. The molecule has 8 heteroatoms. The third kappa shape index (κ3) is 3.48. The van der Waals surface area contributed by atoms with Gasteiger partial charge in [0.1, 0.15) is 23.9 Å². The second kappa shape index (κ2) is 7.31. The molecule has 0 saturated carbocycles. The first kappa shape index (κ1) is 16.3. The third-order valence-electron chi connectivity index (χ3n) is 3.86. The lowest BCUT2D eigenvalue weighted by molar-refractivity contribution is 0.157. The van der Waals surface area contributed by atoms with E-state index in [-0.39, 0.29) is 18.1 Å². The van der Waals surface area contributed by atoms with Crippen LogP contribution in [0.15, 0.2) is 28.8 Å². The number of carbonyl (C=O) groups excluding carboxylic acids is 1. The van der Waals surface area contributed by atoms with Crippen LogP contribution in [0.2, 0.25) is 0 Å². The number of furan rings is 1. The molecule has 2 aromatic rings. The molecule has 1 fully saturated rings. The molecule has 0 aromatic carbocycles. The first-order valence-electron chi connectivity index (χ1n) is 7.73. The van der Waals surface area contributed by atoms with Gasteiger partial charge in [0.05, 0.1) is 13.2 Å². The molecule has 24 heavy (non-hydrogen) atoms. The van der Waals surface area contributed by atoms with Crippen molar-refractivity contribution in [3.63, 3.8) is 0 Å². The molecule has 0 radical (unpaired) electrons. The Morgan fingerprint density at radius 2 is 2.29 bits per heavy atom. The summed E-state index contributed by atoms with van der Waals surface area (Å²) in [4.78, 5) is 22.3. The van der Waals surface area contributed by atoms with Gasteiger partial charge in [-0.05, 0) is 31.0 Å². The number of anilines is 1. The summed E-state index contributed by atoms with van der Waals surface area (Å²) in [5.74, 6) is 1.92.